The van der Waals surface area contributed by atoms with Gasteiger partial charge >= 0.3 is 0 Å². The maximum Gasteiger partial charge on any atom is 0.251 e. The summed E-state index contributed by atoms with van der Waals surface area (Å²) in [4.78, 5) is 12.0. The summed E-state index contributed by atoms with van der Waals surface area (Å²) in [6.45, 7) is 0.477. The van der Waals surface area contributed by atoms with Crippen LogP contribution in [0.1, 0.15) is 29.6 Å². The average molecular weight is 279 g/mol. The Kier molecular flexibility index (Phi) is 4.84. The normalized spacial score (nSPS) is 15.6. The van der Waals surface area contributed by atoms with Gasteiger partial charge in [-0.3, -0.25) is 4.79 Å². The van der Waals surface area contributed by atoms with Crippen LogP contribution >= 0.6 is 0 Å². The van der Waals surface area contributed by atoms with Crippen LogP contribution in [-0.2, 0) is 0 Å². The lowest BCUT2D eigenvalue weighted by Crippen LogP contribution is -2.27. The first-order valence-electron chi connectivity index (χ1n) is 6.84. The second kappa shape index (κ2) is 6.61. The molecule has 1 aromatic carbocycles. The van der Waals surface area contributed by atoms with Crippen LogP contribution in [0, 0.1) is 5.92 Å². The standard InChI is InChI=1S/C15H21NO4/c1-19-13-6-5-11(9-14(13)20-2)15(18)16-8-7-12(17)10-3-4-10/h5-6,9-10,12,17H,3-4,7-8H2,1-2H3,(H,16,18)/t12-/m1/s1. The van der Waals surface area contributed by atoms with Crippen LogP contribution < -0.4 is 14.8 Å². The Labute approximate surface area is 118 Å². The van der Waals surface area contributed by atoms with Gasteiger partial charge in [-0.25, -0.2) is 0 Å². The summed E-state index contributed by atoms with van der Waals surface area (Å²) in [5.41, 5.74) is 0.517. The topological polar surface area (TPSA) is 67.8 Å². The minimum Gasteiger partial charge on any atom is -0.493 e. The van der Waals surface area contributed by atoms with E-state index >= 15 is 0 Å². The van der Waals surface area contributed by atoms with E-state index in [4.69, 9.17) is 9.47 Å². The predicted molar refractivity (Wildman–Crippen MR) is 75.2 cm³/mol. The number of benzene rings is 1. The van der Waals surface area contributed by atoms with Gasteiger partial charge in [0.25, 0.3) is 5.91 Å². The molecule has 1 aliphatic carbocycles. The van der Waals surface area contributed by atoms with Crippen molar-refractivity contribution in [3.8, 4) is 11.5 Å². The molecule has 0 aromatic heterocycles. The second-order valence-corrected chi connectivity index (χ2v) is 5.02. The third kappa shape index (κ3) is 3.63. The fourth-order valence-electron chi connectivity index (χ4n) is 2.13. The molecular weight excluding hydrogens is 258 g/mol. The highest BCUT2D eigenvalue weighted by Crippen LogP contribution is 2.33. The van der Waals surface area contributed by atoms with E-state index in [1.807, 2.05) is 0 Å². The number of hydrogen-bond acceptors (Lipinski definition) is 4. The molecule has 1 atom stereocenters. The quantitative estimate of drug-likeness (QED) is 0.795. The molecule has 0 spiro atoms. The number of amides is 1. The number of nitrogens with one attached hydrogen (secondary N) is 1. The molecule has 110 valence electrons. The highest BCUT2D eigenvalue weighted by atomic mass is 16.5. The van der Waals surface area contributed by atoms with Crippen molar-refractivity contribution in [3.63, 3.8) is 0 Å². The molecule has 1 aliphatic rings. The van der Waals surface area contributed by atoms with Crippen molar-refractivity contribution in [2.75, 3.05) is 20.8 Å². The summed E-state index contributed by atoms with van der Waals surface area (Å²) in [5, 5.41) is 12.5. The number of methoxy groups -OCH3 is 2. The zero-order chi connectivity index (χ0) is 14.5. The number of ether oxygens (including phenoxy) is 2. The molecule has 20 heavy (non-hydrogen) atoms. The van der Waals surface area contributed by atoms with Crippen molar-refractivity contribution >= 4 is 5.91 Å². The summed E-state index contributed by atoms with van der Waals surface area (Å²) in [6, 6.07) is 5.03. The molecule has 0 aliphatic heterocycles. The maximum absolute atomic E-state index is 12.0. The number of rotatable bonds is 7. The van der Waals surface area contributed by atoms with Gasteiger partial charge in [-0.2, -0.15) is 0 Å². The Morgan fingerprint density at radius 2 is 2.05 bits per heavy atom. The number of aliphatic hydroxyl groups is 1. The summed E-state index contributed by atoms with van der Waals surface area (Å²) in [7, 11) is 3.09. The van der Waals surface area contributed by atoms with Crippen molar-refractivity contribution in [1.82, 2.24) is 5.32 Å². The van der Waals surface area contributed by atoms with Gasteiger partial charge in [-0.15, -0.1) is 0 Å². The van der Waals surface area contributed by atoms with Crippen LogP contribution in [0.4, 0.5) is 0 Å². The lowest BCUT2D eigenvalue weighted by Gasteiger charge is -2.11. The largest absolute Gasteiger partial charge is 0.493 e. The molecule has 5 heteroatoms. The van der Waals surface area contributed by atoms with Gasteiger partial charge in [0.05, 0.1) is 20.3 Å². The summed E-state index contributed by atoms with van der Waals surface area (Å²) in [5.74, 6) is 1.38. The Balaban J connectivity index is 1.88. The fraction of sp³-hybridized carbons (Fsp3) is 0.533. The van der Waals surface area contributed by atoms with Crippen molar-refractivity contribution in [2.45, 2.75) is 25.4 Å². The molecule has 1 fully saturated rings. The molecule has 2 N–H and O–H groups in total. The molecule has 0 unspecified atom stereocenters. The third-order valence-electron chi connectivity index (χ3n) is 3.54. The number of aliphatic hydroxyl groups excluding tert-OH is 1. The Morgan fingerprint density at radius 1 is 1.35 bits per heavy atom. The van der Waals surface area contributed by atoms with E-state index in [9.17, 15) is 9.90 Å². The van der Waals surface area contributed by atoms with Crippen LogP contribution in [0.25, 0.3) is 0 Å². The SMILES string of the molecule is COc1ccc(C(=O)NCC[C@@H](O)C2CC2)cc1OC. The van der Waals surface area contributed by atoms with Crippen LogP contribution in [-0.4, -0.2) is 37.9 Å². The summed E-state index contributed by atoms with van der Waals surface area (Å²) in [6.07, 6.45) is 2.51. The first-order chi connectivity index (χ1) is 9.65. The molecule has 0 saturated heterocycles. The van der Waals surface area contributed by atoms with Gasteiger partial charge in [0.1, 0.15) is 0 Å². The Morgan fingerprint density at radius 3 is 2.65 bits per heavy atom. The van der Waals surface area contributed by atoms with Crippen LogP contribution in [0.5, 0.6) is 11.5 Å². The smallest absolute Gasteiger partial charge is 0.251 e. The first-order valence-corrected chi connectivity index (χ1v) is 6.84. The minimum atomic E-state index is -0.291. The molecule has 0 heterocycles. The molecule has 0 radical (unpaired) electrons. The van der Waals surface area contributed by atoms with Gasteiger partial charge in [0.2, 0.25) is 0 Å². The molecule has 1 saturated carbocycles. The van der Waals surface area contributed by atoms with E-state index in [2.05, 4.69) is 5.32 Å². The zero-order valence-corrected chi connectivity index (χ0v) is 11.9. The van der Waals surface area contributed by atoms with Crippen LogP contribution in [0.2, 0.25) is 0 Å². The lowest BCUT2D eigenvalue weighted by molar-refractivity contribution is 0.0936. The van der Waals surface area contributed by atoms with Gasteiger partial charge in [0.15, 0.2) is 11.5 Å². The monoisotopic (exact) mass is 279 g/mol. The lowest BCUT2D eigenvalue weighted by atomic mass is 10.1. The molecule has 5 nitrogen and oxygen atoms in total. The molecule has 2 rings (SSSR count). The third-order valence-corrected chi connectivity index (χ3v) is 3.54. The molecular formula is C15H21NO4. The molecule has 1 aromatic rings. The van der Waals surface area contributed by atoms with E-state index in [0.717, 1.165) is 12.8 Å². The number of carbonyl (C=O) groups excluding carboxylic acids is 1. The Hall–Kier alpha value is -1.75. The van der Waals surface area contributed by atoms with Crippen molar-refractivity contribution in [1.29, 1.82) is 0 Å². The second-order valence-electron chi connectivity index (χ2n) is 5.02. The maximum atomic E-state index is 12.0. The minimum absolute atomic E-state index is 0.172. The summed E-state index contributed by atoms with van der Waals surface area (Å²) >= 11 is 0. The van der Waals surface area contributed by atoms with Gasteiger partial charge in [-0.05, 0) is 43.4 Å². The van der Waals surface area contributed by atoms with E-state index in [0.29, 0.717) is 35.9 Å². The van der Waals surface area contributed by atoms with Crippen molar-refractivity contribution in [2.24, 2.45) is 5.92 Å². The van der Waals surface area contributed by atoms with E-state index < -0.39 is 0 Å². The van der Waals surface area contributed by atoms with Crippen LogP contribution in [0.3, 0.4) is 0 Å². The van der Waals surface area contributed by atoms with E-state index in [-0.39, 0.29) is 12.0 Å². The number of hydrogen-bond donors (Lipinski definition) is 2. The fourth-order valence-corrected chi connectivity index (χ4v) is 2.13. The predicted octanol–water partition coefficient (Wildman–Crippen LogP) is 1.59. The molecule has 0 bridgehead atoms. The average Bonchev–Trinajstić information content (AvgIpc) is 3.30. The van der Waals surface area contributed by atoms with Gasteiger partial charge in [0, 0.05) is 12.1 Å². The van der Waals surface area contributed by atoms with Crippen molar-refractivity contribution < 1.29 is 19.4 Å². The summed E-state index contributed by atoms with van der Waals surface area (Å²) < 4.78 is 10.3. The Bertz CT molecular complexity index is 471. The highest BCUT2D eigenvalue weighted by molar-refractivity contribution is 5.94. The highest BCUT2D eigenvalue weighted by Gasteiger charge is 2.29. The van der Waals surface area contributed by atoms with E-state index in [1.165, 1.54) is 7.11 Å². The molecule has 1 amide bonds. The van der Waals surface area contributed by atoms with Gasteiger partial charge < -0.3 is 19.9 Å². The van der Waals surface area contributed by atoms with Gasteiger partial charge in [-0.1, -0.05) is 0 Å². The van der Waals surface area contributed by atoms with Crippen LogP contribution in [0.15, 0.2) is 18.2 Å². The van der Waals surface area contributed by atoms with E-state index in [1.54, 1.807) is 25.3 Å². The van der Waals surface area contributed by atoms with Crippen molar-refractivity contribution in [3.05, 3.63) is 23.8 Å². The zero-order valence-electron chi connectivity index (χ0n) is 11.9. The first kappa shape index (κ1) is 14.7. The number of carbonyl (C=O) groups is 1.